The molecule has 0 bridgehead atoms. The van der Waals surface area contributed by atoms with Crippen molar-refractivity contribution in [2.24, 2.45) is 0 Å². The third kappa shape index (κ3) is 7.10. The first-order chi connectivity index (χ1) is 16.8. The number of anilines is 2. The number of esters is 1. The second-order valence-corrected chi connectivity index (χ2v) is 8.87. The van der Waals surface area contributed by atoms with Crippen molar-refractivity contribution in [1.29, 1.82) is 0 Å². The van der Waals surface area contributed by atoms with Gasteiger partial charge in [0.1, 0.15) is 11.6 Å². The largest absolute Gasteiger partial charge is 0.497 e. The van der Waals surface area contributed by atoms with Gasteiger partial charge in [-0.25, -0.2) is 9.48 Å². The molecule has 2 aromatic carbocycles. The minimum absolute atomic E-state index is 0.0585. The summed E-state index contributed by atoms with van der Waals surface area (Å²) in [5.74, 6) is -0.122. The fraction of sp³-hybridized carbons (Fsp3) is 0.280. The lowest BCUT2D eigenvalue weighted by atomic mass is 10.2. The number of nitrogens with one attached hydrogen (secondary N) is 2. The Morgan fingerprint density at radius 2 is 1.80 bits per heavy atom. The molecule has 3 rings (SSSR count). The Hall–Kier alpha value is -3.79. The Bertz CT molecular complexity index is 1190. The van der Waals surface area contributed by atoms with Gasteiger partial charge in [-0.15, -0.1) is 11.8 Å². The number of thioether (sulfide) groups is 1. The van der Waals surface area contributed by atoms with Crippen LogP contribution in [0.5, 0.6) is 5.75 Å². The first kappa shape index (κ1) is 25.8. The first-order valence-corrected chi connectivity index (χ1v) is 12.0. The maximum atomic E-state index is 12.8. The predicted octanol–water partition coefficient (Wildman–Crippen LogP) is 4.39. The molecule has 1 aromatic heterocycles. The van der Waals surface area contributed by atoms with Crippen LogP contribution in [0.15, 0.2) is 65.7 Å². The summed E-state index contributed by atoms with van der Waals surface area (Å²) < 4.78 is 12.2. The average molecular weight is 497 g/mol. The van der Waals surface area contributed by atoms with Crippen LogP contribution < -0.4 is 15.4 Å². The van der Waals surface area contributed by atoms with Gasteiger partial charge in [0, 0.05) is 28.8 Å². The predicted molar refractivity (Wildman–Crippen MR) is 135 cm³/mol. The Labute approximate surface area is 208 Å². The van der Waals surface area contributed by atoms with Gasteiger partial charge in [0.25, 0.3) is 5.91 Å². The van der Waals surface area contributed by atoms with Crippen molar-refractivity contribution in [2.45, 2.75) is 37.8 Å². The summed E-state index contributed by atoms with van der Waals surface area (Å²) in [7, 11) is 1.55. The van der Waals surface area contributed by atoms with Crippen LogP contribution in [0.25, 0.3) is 0 Å². The average Bonchev–Trinajstić information content (AvgIpc) is 3.31. The summed E-state index contributed by atoms with van der Waals surface area (Å²) in [6, 6.07) is 15.6. The zero-order valence-electron chi connectivity index (χ0n) is 20.0. The smallest absolute Gasteiger partial charge is 0.340 e. The van der Waals surface area contributed by atoms with Crippen LogP contribution in [0.2, 0.25) is 0 Å². The molecule has 2 amide bonds. The number of rotatable bonds is 10. The summed E-state index contributed by atoms with van der Waals surface area (Å²) in [5.41, 5.74) is 0.889. The third-order valence-corrected chi connectivity index (χ3v) is 5.96. The molecule has 0 spiro atoms. The number of benzene rings is 2. The molecule has 0 saturated heterocycles. The Balaban J connectivity index is 1.59. The van der Waals surface area contributed by atoms with E-state index in [9.17, 15) is 14.4 Å². The van der Waals surface area contributed by atoms with Gasteiger partial charge in [-0.3, -0.25) is 9.59 Å². The molecule has 35 heavy (non-hydrogen) atoms. The molecule has 1 heterocycles. The van der Waals surface area contributed by atoms with Gasteiger partial charge in [0.15, 0.2) is 6.10 Å². The van der Waals surface area contributed by atoms with E-state index in [0.717, 1.165) is 0 Å². The van der Waals surface area contributed by atoms with Gasteiger partial charge in [0.2, 0.25) is 5.91 Å². The minimum Gasteiger partial charge on any atom is -0.497 e. The highest BCUT2D eigenvalue weighted by Gasteiger charge is 2.22. The maximum Gasteiger partial charge on any atom is 0.340 e. The summed E-state index contributed by atoms with van der Waals surface area (Å²) in [4.78, 5) is 38.4. The van der Waals surface area contributed by atoms with Gasteiger partial charge in [-0.2, -0.15) is 5.10 Å². The van der Waals surface area contributed by atoms with Crippen LogP contribution in [0.4, 0.5) is 11.5 Å². The summed E-state index contributed by atoms with van der Waals surface area (Å²) in [6.07, 6.45) is 0.553. The zero-order chi connectivity index (χ0) is 25.4. The number of amides is 2. The molecule has 10 heteroatoms. The highest BCUT2D eigenvalue weighted by Crippen LogP contribution is 2.25. The minimum atomic E-state index is -1.03. The molecule has 0 radical (unpaired) electrons. The SMILES string of the molecule is COc1cccc(NC(=O)CSc2ccccc2C(=O)O[C@H](C)C(=O)Nc2ccnn2C(C)C)c1. The van der Waals surface area contributed by atoms with Crippen LogP contribution in [-0.2, 0) is 14.3 Å². The second-order valence-electron chi connectivity index (χ2n) is 7.86. The molecule has 0 aliphatic rings. The van der Waals surface area contributed by atoms with E-state index in [1.807, 2.05) is 13.8 Å². The molecule has 184 valence electrons. The molecule has 0 aliphatic carbocycles. The van der Waals surface area contributed by atoms with Crippen molar-refractivity contribution < 1.29 is 23.9 Å². The number of methoxy groups -OCH3 is 1. The number of carbonyl (C=O) groups is 3. The van der Waals surface area contributed by atoms with E-state index in [1.54, 1.807) is 72.6 Å². The van der Waals surface area contributed by atoms with E-state index in [4.69, 9.17) is 9.47 Å². The quantitative estimate of drug-likeness (QED) is 0.316. The highest BCUT2D eigenvalue weighted by molar-refractivity contribution is 8.00. The van der Waals surface area contributed by atoms with E-state index in [0.29, 0.717) is 22.2 Å². The summed E-state index contributed by atoms with van der Waals surface area (Å²) in [5, 5.41) is 9.70. The lowest BCUT2D eigenvalue weighted by Crippen LogP contribution is -2.31. The standard InChI is InChI=1S/C25H28N4O5S/c1-16(2)29-22(12-13-26-29)28-24(31)17(3)34-25(32)20-10-5-6-11-21(20)35-15-23(30)27-18-8-7-9-19(14-18)33-4/h5-14,16-17H,15H2,1-4H3,(H,27,30)(H,28,31)/t17-/m1/s1. The molecule has 9 nitrogen and oxygen atoms in total. The van der Waals surface area contributed by atoms with Crippen molar-refractivity contribution in [1.82, 2.24) is 9.78 Å². The van der Waals surface area contributed by atoms with Crippen LogP contribution in [-0.4, -0.2) is 46.5 Å². The van der Waals surface area contributed by atoms with Crippen molar-refractivity contribution in [3.8, 4) is 5.75 Å². The van der Waals surface area contributed by atoms with Crippen LogP contribution in [0, 0.1) is 0 Å². The zero-order valence-corrected chi connectivity index (χ0v) is 20.8. The molecule has 3 aromatic rings. The van der Waals surface area contributed by atoms with Crippen LogP contribution in [0.1, 0.15) is 37.2 Å². The first-order valence-electron chi connectivity index (χ1n) is 11.0. The van der Waals surface area contributed by atoms with Crippen LogP contribution in [0.3, 0.4) is 0 Å². The fourth-order valence-corrected chi connectivity index (χ4v) is 3.97. The topological polar surface area (TPSA) is 112 Å². The van der Waals surface area contributed by atoms with E-state index >= 15 is 0 Å². The summed E-state index contributed by atoms with van der Waals surface area (Å²) in [6.45, 7) is 5.38. The fourth-order valence-electron chi connectivity index (χ4n) is 3.13. The number of nitrogens with zero attached hydrogens (tertiary/aromatic N) is 2. The van der Waals surface area contributed by atoms with Crippen molar-refractivity contribution >= 4 is 41.1 Å². The molecule has 0 unspecified atom stereocenters. The third-order valence-electron chi connectivity index (χ3n) is 4.88. The number of hydrogen-bond acceptors (Lipinski definition) is 7. The normalized spacial score (nSPS) is 11.6. The van der Waals surface area contributed by atoms with Crippen molar-refractivity contribution in [3.05, 3.63) is 66.4 Å². The molecule has 1 atom stereocenters. The number of carbonyl (C=O) groups excluding carboxylic acids is 3. The molecular formula is C25H28N4O5S. The Morgan fingerprint density at radius 3 is 2.54 bits per heavy atom. The van der Waals surface area contributed by atoms with Gasteiger partial charge in [-0.05, 0) is 45.0 Å². The van der Waals surface area contributed by atoms with Crippen molar-refractivity contribution in [2.75, 3.05) is 23.5 Å². The second kappa shape index (κ2) is 12.1. The number of aromatic nitrogens is 2. The molecular weight excluding hydrogens is 468 g/mol. The molecule has 0 fully saturated rings. The van der Waals surface area contributed by atoms with Gasteiger partial charge < -0.3 is 20.1 Å². The monoisotopic (exact) mass is 496 g/mol. The molecule has 0 aliphatic heterocycles. The van der Waals surface area contributed by atoms with E-state index in [1.165, 1.54) is 18.7 Å². The highest BCUT2D eigenvalue weighted by atomic mass is 32.2. The summed E-state index contributed by atoms with van der Waals surface area (Å²) >= 11 is 1.20. The van der Waals surface area contributed by atoms with Gasteiger partial charge in [-0.1, -0.05) is 18.2 Å². The van der Waals surface area contributed by atoms with Crippen molar-refractivity contribution in [3.63, 3.8) is 0 Å². The van der Waals surface area contributed by atoms with Gasteiger partial charge in [0.05, 0.1) is 24.6 Å². The maximum absolute atomic E-state index is 12.8. The van der Waals surface area contributed by atoms with E-state index in [2.05, 4.69) is 15.7 Å². The molecule has 0 saturated carbocycles. The van der Waals surface area contributed by atoms with E-state index < -0.39 is 18.0 Å². The Kier molecular flexibility index (Phi) is 8.91. The Morgan fingerprint density at radius 1 is 1.03 bits per heavy atom. The lowest BCUT2D eigenvalue weighted by molar-refractivity contribution is -0.123. The van der Waals surface area contributed by atoms with Gasteiger partial charge >= 0.3 is 5.97 Å². The van der Waals surface area contributed by atoms with E-state index in [-0.39, 0.29) is 23.3 Å². The lowest BCUT2D eigenvalue weighted by Gasteiger charge is -2.16. The number of ether oxygens (including phenoxy) is 2. The molecule has 2 N–H and O–H groups in total. The number of hydrogen-bond donors (Lipinski definition) is 2. The van der Waals surface area contributed by atoms with Crippen LogP contribution >= 0.6 is 11.8 Å².